The van der Waals surface area contributed by atoms with Crippen LogP contribution in [0.5, 0.6) is 0 Å². The van der Waals surface area contributed by atoms with Crippen molar-refractivity contribution in [2.75, 3.05) is 0 Å². The lowest BCUT2D eigenvalue weighted by Gasteiger charge is -2.32. The van der Waals surface area contributed by atoms with E-state index in [1.54, 1.807) is 27.7 Å². The summed E-state index contributed by atoms with van der Waals surface area (Å²) in [5.74, 6) is -6.06. The lowest BCUT2D eigenvalue weighted by molar-refractivity contribution is -0.137. The second kappa shape index (κ2) is 22.2. The van der Waals surface area contributed by atoms with E-state index in [1.165, 1.54) is 6.92 Å². The Balaban J connectivity index is 2.74. The molecule has 308 valence electrons. The van der Waals surface area contributed by atoms with E-state index < -0.39 is 89.6 Å². The van der Waals surface area contributed by atoms with Crippen LogP contribution in [0.2, 0.25) is 0 Å². The van der Waals surface area contributed by atoms with Gasteiger partial charge in [-0.2, -0.15) is 0 Å². The fraction of sp³-hybridized carbons (Fsp3) is 0.683. The number of rotatable bonds is 11. The number of carbonyl (C=O) groups is 7. The Morgan fingerprint density at radius 2 is 0.764 bits per heavy atom. The van der Waals surface area contributed by atoms with Crippen molar-refractivity contribution in [1.82, 2.24) is 37.2 Å². The largest absolute Gasteiger partial charge is 0.343 e. The van der Waals surface area contributed by atoms with Crippen LogP contribution in [0.3, 0.4) is 0 Å². The van der Waals surface area contributed by atoms with Crippen LogP contribution in [-0.4, -0.2) is 83.6 Å². The summed E-state index contributed by atoms with van der Waals surface area (Å²) in [5.41, 5.74) is 0.755. The molecule has 0 radical (unpaired) electrons. The molecular formula is C41H67N7O7. The highest BCUT2D eigenvalue weighted by Crippen LogP contribution is 2.16. The van der Waals surface area contributed by atoms with Crippen molar-refractivity contribution in [2.24, 2.45) is 29.6 Å². The van der Waals surface area contributed by atoms with Crippen molar-refractivity contribution < 1.29 is 33.6 Å². The molecule has 1 saturated heterocycles. The minimum Gasteiger partial charge on any atom is -0.343 e. The first-order valence-electron chi connectivity index (χ1n) is 20.1. The van der Waals surface area contributed by atoms with Crippen LogP contribution in [0.25, 0.3) is 0 Å². The van der Waals surface area contributed by atoms with Crippen molar-refractivity contribution in [2.45, 2.75) is 151 Å². The molecule has 0 bridgehead atoms. The van der Waals surface area contributed by atoms with Crippen LogP contribution in [0.1, 0.15) is 107 Å². The van der Waals surface area contributed by atoms with Gasteiger partial charge in [0, 0.05) is 6.42 Å². The van der Waals surface area contributed by atoms with Gasteiger partial charge in [0.25, 0.3) is 0 Å². The van der Waals surface area contributed by atoms with Crippen molar-refractivity contribution in [3.05, 3.63) is 35.9 Å². The molecule has 2 rings (SSSR count). The molecule has 1 fully saturated rings. The SMILES string of the molecule is CCC(C)[C@@H]1NC(=O)[C@@H](C)NC(=O)[C@@H](C(C)CC)NC(=O)[C@H](Cc2ccccc2)NC(=O)[C@@H]([C@H](C)CC)NC(=O)[C@H](C(C)C)NC(=O)[C@@H](C(C)CC)NC1=O. The van der Waals surface area contributed by atoms with Crippen LogP contribution in [0.4, 0.5) is 0 Å². The molecule has 7 N–H and O–H groups in total. The molecule has 14 nitrogen and oxygen atoms in total. The van der Waals surface area contributed by atoms with E-state index in [9.17, 15) is 33.6 Å². The van der Waals surface area contributed by atoms with E-state index in [0.717, 1.165) is 5.56 Å². The van der Waals surface area contributed by atoms with E-state index >= 15 is 0 Å². The van der Waals surface area contributed by atoms with Gasteiger partial charge in [-0.25, -0.2) is 0 Å². The molecular weight excluding hydrogens is 702 g/mol. The average Bonchev–Trinajstić information content (AvgIpc) is 3.16. The molecule has 0 saturated carbocycles. The summed E-state index contributed by atoms with van der Waals surface area (Å²) in [4.78, 5) is 97.6. The Hall–Kier alpha value is -4.49. The standard InChI is InChI=1S/C41H67N7O7/c1-12-23(7)31-38(52)42-27(11)35(49)45-33(25(9)14-3)41(55)48-34(26(10)15-4)40(54)44-30(22(5)6)37(51)47-32(24(8)13-2)39(53)43-29(36(50)46-31)21-28-19-17-16-18-20-28/h16-20,22-27,29-34H,12-15,21H2,1-11H3,(H,42,52)(H,43,53)(H,44,54)(H,45,49)(H,46,50)(H,47,51)(H,48,55)/t23?,24-,25?,26?,27-,29+,30+,31-,32-,33+,34-/m1/s1. The lowest BCUT2D eigenvalue weighted by Crippen LogP contribution is -2.62. The Labute approximate surface area is 327 Å². The summed E-state index contributed by atoms with van der Waals surface area (Å²) < 4.78 is 0. The maximum Gasteiger partial charge on any atom is 0.243 e. The van der Waals surface area contributed by atoms with Crippen molar-refractivity contribution >= 4 is 41.4 Å². The molecule has 0 spiro atoms. The Kier molecular flexibility index (Phi) is 18.8. The molecule has 3 unspecified atom stereocenters. The number of amides is 7. The van der Waals surface area contributed by atoms with Gasteiger partial charge >= 0.3 is 0 Å². The summed E-state index contributed by atoms with van der Waals surface area (Å²) in [5, 5.41) is 19.7. The predicted octanol–water partition coefficient (Wildman–Crippen LogP) is 2.50. The quantitative estimate of drug-likeness (QED) is 0.179. The number of carbonyl (C=O) groups excluding carboxylic acids is 7. The summed E-state index contributed by atoms with van der Waals surface area (Å²) in [7, 11) is 0. The fourth-order valence-corrected chi connectivity index (χ4v) is 6.29. The molecule has 14 heteroatoms. The first-order chi connectivity index (χ1) is 25.9. The van der Waals surface area contributed by atoms with Crippen LogP contribution in [0, 0.1) is 29.6 Å². The number of nitrogens with one attached hydrogen (secondary N) is 7. The van der Waals surface area contributed by atoms with Crippen LogP contribution < -0.4 is 37.2 Å². The van der Waals surface area contributed by atoms with Crippen molar-refractivity contribution in [1.29, 1.82) is 0 Å². The lowest BCUT2D eigenvalue weighted by atomic mass is 9.93. The van der Waals surface area contributed by atoms with Gasteiger partial charge in [-0.05, 0) is 42.1 Å². The van der Waals surface area contributed by atoms with Crippen LogP contribution >= 0.6 is 0 Å². The van der Waals surface area contributed by atoms with Gasteiger partial charge in [0.05, 0.1) is 0 Å². The second-order valence-corrected chi connectivity index (χ2v) is 15.7. The van der Waals surface area contributed by atoms with Crippen LogP contribution in [0.15, 0.2) is 30.3 Å². The number of benzene rings is 1. The molecule has 1 aliphatic heterocycles. The zero-order valence-corrected chi connectivity index (χ0v) is 34.7. The Bertz CT molecular complexity index is 1470. The predicted molar refractivity (Wildman–Crippen MR) is 212 cm³/mol. The molecule has 7 amide bonds. The smallest absolute Gasteiger partial charge is 0.243 e. The highest BCUT2D eigenvalue weighted by atomic mass is 16.2. The molecule has 0 aliphatic carbocycles. The molecule has 11 atom stereocenters. The van der Waals surface area contributed by atoms with E-state index in [4.69, 9.17) is 0 Å². The minimum absolute atomic E-state index is 0.0902. The molecule has 1 aromatic rings. The highest BCUT2D eigenvalue weighted by molar-refractivity contribution is 5.98. The summed E-state index contributed by atoms with van der Waals surface area (Å²) in [6.45, 7) is 19.7. The maximum atomic E-state index is 14.1. The molecule has 55 heavy (non-hydrogen) atoms. The van der Waals surface area contributed by atoms with Gasteiger partial charge in [-0.3, -0.25) is 33.6 Å². The second-order valence-electron chi connectivity index (χ2n) is 15.7. The van der Waals surface area contributed by atoms with E-state index in [1.807, 2.05) is 71.9 Å². The first-order valence-corrected chi connectivity index (χ1v) is 20.1. The third-order valence-corrected chi connectivity index (χ3v) is 11.1. The summed E-state index contributed by atoms with van der Waals surface area (Å²) >= 11 is 0. The maximum absolute atomic E-state index is 14.1. The van der Waals surface area contributed by atoms with Gasteiger partial charge in [0.1, 0.15) is 42.3 Å². The third kappa shape index (κ3) is 13.3. The zero-order chi connectivity index (χ0) is 41.6. The van der Waals surface area contributed by atoms with E-state index in [0.29, 0.717) is 25.7 Å². The third-order valence-electron chi connectivity index (χ3n) is 11.1. The van der Waals surface area contributed by atoms with Gasteiger partial charge in [-0.15, -0.1) is 0 Å². The normalized spacial score (nSPS) is 27.8. The van der Waals surface area contributed by atoms with Gasteiger partial charge in [0.2, 0.25) is 41.4 Å². The molecule has 0 aromatic heterocycles. The monoisotopic (exact) mass is 770 g/mol. The van der Waals surface area contributed by atoms with Crippen molar-refractivity contribution in [3.63, 3.8) is 0 Å². The Morgan fingerprint density at radius 3 is 1.16 bits per heavy atom. The van der Waals surface area contributed by atoms with Gasteiger partial charge in [-0.1, -0.05) is 125 Å². The minimum atomic E-state index is -1.14. The first kappa shape index (κ1) is 46.7. The number of hydrogen-bond acceptors (Lipinski definition) is 7. The average molecular weight is 770 g/mol. The van der Waals surface area contributed by atoms with E-state index in [-0.39, 0.29) is 30.1 Å². The summed E-state index contributed by atoms with van der Waals surface area (Å²) in [6, 6.07) is 1.53. The molecule has 1 heterocycles. The van der Waals surface area contributed by atoms with Gasteiger partial charge in [0.15, 0.2) is 0 Å². The molecule has 1 aliphatic rings. The number of hydrogen-bond donors (Lipinski definition) is 7. The topological polar surface area (TPSA) is 204 Å². The molecule has 1 aromatic carbocycles. The van der Waals surface area contributed by atoms with Crippen molar-refractivity contribution in [3.8, 4) is 0 Å². The Morgan fingerprint density at radius 1 is 0.436 bits per heavy atom. The fourth-order valence-electron chi connectivity index (χ4n) is 6.29. The van der Waals surface area contributed by atoms with Crippen LogP contribution in [-0.2, 0) is 40.0 Å². The zero-order valence-electron chi connectivity index (χ0n) is 34.7. The highest BCUT2D eigenvalue weighted by Gasteiger charge is 2.38. The van der Waals surface area contributed by atoms with Gasteiger partial charge < -0.3 is 37.2 Å². The van der Waals surface area contributed by atoms with E-state index in [2.05, 4.69) is 37.2 Å². The summed E-state index contributed by atoms with van der Waals surface area (Å²) in [6.07, 6.45) is 2.14.